The van der Waals surface area contributed by atoms with Gasteiger partial charge in [0.15, 0.2) is 0 Å². The van der Waals surface area contributed by atoms with Crippen molar-refractivity contribution in [1.82, 2.24) is 4.98 Å². The van der Waals surface area contributed by atoms with Crippen molar-refractivity contribution in [3.05, 3.63) is 28.8 Å². The van der Waals surface area contributed by atoms with E-state index in [-0.39, 0.29) is 12.0 Å². The highest BCUT2D eigenvalue weighted by atomic mass is 35.5. The first-order valence-electron chi connectivity index (χ1n) is 4.56. The average Bonchev–Trinajstić information content (AvgIpc) is 2.92. The molecule has 76 valence electrons. The molecule has 0 radical (unpaired) electrons. The minimum absolute atomic E-state index is 0.104. The van der Waals surface area contributed by atoms with Gasteiger partial charge in [0.2, 0.25) is 5.95 Å². The van der Waals surface area contributed by atoms with E-state index in [2.05, 4.69) is 4.98 Å². The molecule has 0 amide bonds. The predicted molar refractivity (Wildman–Crippen MR) is 51.7 cm³/mol. The summed E-state index contributed by atoms with van der Waals surface area (Å²) in [6.07, 6.45) is 3.73. The lowest BCUT2D eigenvalue weighted by Gasteiger charge is -2.11. The van der Waals surface area contributed by atoms with Gasteiger partial charge in [0.05, 0.1) is 5.02 Å². The molecule has 14 heavy (non-hydrogen) atoms. The Balaban J connectivity index is 2.20. The smallest absolute Gasteiger partial charge is 0.216 e. The molecule has 0 atom stereocenters. The first kappa shape index (κ1) is 9.87. The molecule has 1 aromatic heterocycles. The quantitative estimate of drug-likeness (QED) is 0.785. The maximum absolute atomic E-state index is 13.2. The molecule has 1 saturated carbocycles. The first-order valence-corrected chi connectivity index (χ1v) is 4.94. The summed E-state index contributed by atoms with van der Waals surface area (Å²) in [5.41, 5.74) is 0.400. The fraction of sp³-hybridized carbons (Fsp3) is 0.500. The Hall–Kier alpha value is -0.670. The Morgan fingerprint density at radius 1 is 1.57 bits per heavy atom. The largest absolute Gasteiger partial charge is 0.396 e. The first-order chi connectivity index (χ1) is 6.65. The van der Waals surface area contributed by atoms with E-state index in [1.54, 1.807) is 6.07 Å². The van der Waals surface area contributed by atoms with Gasteiger partial charge in [0.25, 0.3) is 0 Å². The summed E-state index contributed by atoms with van der Waals surface area (Å²) in [4.78, 5) is 3.54. The number of hydrogen-bond donors (Lipinski definition) is 1. The molecule has 1 fully saturated rings. The highest BCUT2D eigenvalue weighted by Crippen LogP contribution is 2.48. The summed E-state index contributed by atoms with van der Waals surface area (Å²) in [6, 6.07) is 1.58. The number of pyridine rings is 1. The van der Waals surface area contributed by atoms with E-state index < -0.39 is 5.95 Å². The van der Waals surface area contributed by atoms with Crippen LogP contribution in [0.2, 0.25) is 5.02 Å². The second-order valence-electron chi connectivity index (χ2n) is 3.94. The van der Waals surface area contributed by atoms with Crippen LogP contribution in [0.5, 0.6) is 0 Å². The third-order valence-electron chi connectivity index (χ3n) is 2.74. The van der Waals surface area contributed by atoms with Crippen molar-refractivity contribution >= 4 is 11.6 Å². The van der Waals surface area contributed by atoms with E-state index >= 15 is 0 Å². The highest BCUT2D eigenvalue weighted by Gasteiger charge is 2.42. The van der Waals surface area contributed by atoms with Crippen molar-refractivity contribution in [3.63, 3.8) is 0 Å². The second-order valence-corrected chi connectivity index (χ2v) is 4.37. The Morgan fingerprint density at radius 2 is 2.29 bits per heavy atom. The van der Waals surface area contributed by atoms with Gasteiger partial charge >= 0.3 is 0 Å². The zero-order valence-corrected chi connectivity index (χ0v) is 8.39. The Bertz CT molecular complexity index is 352. The molecule has 0 aromatic carbocycles. The number of nitrogens with zero attached hydrogens (tertiary/aromatic N) is 1. The normalized spacial score (nSPS) is 18.2. The summed E-state index contributed by atoms with van der Waals surface area (Å²) in [7, 11) is 0. The van der Waals surface area contributed by atoms with E-state index in [4.69, 9.17) is 16.7 Å². The Morgan fingerprint density at radius 3 is 2.86 bits per heavy atom. The van der Waals surface area contributed by atoms with Gasteiger partial charge in [-0.05, 0) is 30.7 Å². The van der Waals surface area contributed by atoms with Crippen LogP contribution in [0, 0.1) is 11.4 Å². The molecule has 0 saturated heterocycles. The monoisotopic (exact) mass is 215 g/mol. The number of aliphatic hydroxyl groups excluding tert-OH is 1. The number of aliphatic hydroxyl groups is 1. The molecule has 1 N–H and O–H groups in total. The minimum Gasteiger partial charge on any atom is -0.396 e. The van der Waals surface area contributed by atoms with Crippen LogP contribution in [0.1, 0.15) is 18.4 Å². The van der Waals surface area contributed by atoms with Gasteiger partial charge < -0.3 is 5.11 Å². The lowest BCUT2D eigenvalue weighted by Crippen LogP contribution is -2.11. The van der Waals surface area contributed by atoms with Crippen LogP contribution in [0.25, 0.3) is 0 Å². The van der Waals surface area contributed by atoms with E-state index in [0.29, 0.717) is 17.0 Å². The maximum Gasteiger partial charge on any atom is 0.216 e. The van der Waals surface area contributed by atoms with Gasteiger partial charge in [-0.1, -0.05) is 11.6 Å². The van der Waals surface area contributed by atoms with E-state index in [0.717, 1.165) is 12.8 Å². The SMILES string of the molecule is OCC1(Cc2cc(Cl)cnc2F)CC1. The zero-order valence-electron chi connectivity index (χ0n) is 7.63. The Labute approximate surface area is 86.7 Å². The predicted octanol–water partition coefficient (Wildman–Crippen LogP) is 2.19. The number of aromatic nitrogens is 1. The van der Waals surface area contributed by atoms with Crippen LogP contribution in [0.4, 0.5) is 4.39 Å². The summed E-state index contributed by atoms with van der Waals surface area (Å²) >= 11 is 5.72. The molecule has 1 aliphatic rings. The van der Waals surface area contributed by atoms with E-state index in [1.165, 1.54) is 6.20 Å². The zero-order chi connectivity index (χ0) is 10.2. The van der Waals surface area contributed by atoms with Crippen molar-refractivity contribution in [2.24, 2.45) is 5.41 Å². The van der Waals surface area contributed by atoms with Crippen LogP contribution < -0.4 is 0 Å². The van der Waals surface area contributed by atoms with E-state index in [1.807, 2.05) is 0 Å². The van der Waals surface area contributed by atoms with Gasteiger partial charge in [-0.3, -0.25) is 0 Å². The van der Waals surface area contributed by atoms with Crippen LogP contribution in [0.3, 0.4) is 0 Å². The summed E-state index contributed by atoms with van der Waals surface area (Å²) in [5, 5.41) is 9.54. The van der Waals surface area contributed by atoms with Crippen molar-refractivity contribution < 1.29 is 9.50 Å². The fourth-order valence-corrected chi connectivity index (χ4v) is 1.74. The van der Waals surface area contributed by atoms with Crippen LogP contribution >= 0.6 is 11.6 Å². The second kappa shape index (κ2) is 3.48. The van der Waals surface area contributed by atoms with Crippen molar-refractivity contribution in [3.8, 4) is 0 Å². The number of halogens is 2. The van der Waals surface area contributed by atoms with Crippen LogP contribution in [-0.4, -0.2) is 16.7 Å². The van der Waals surface area contributed by atoms with Crippen molar-refractivity contribution in [2.75, 3.05) is 6.61 Å². The lowest BCUT2D eigenvalue weighted by molar-refractivity contribution is 0.210. The van der Waals surface area contributed by atoms with Gasteiger partial charge in [-0.15, -0.1) is 0 Å². The molecular weight excluding hydrogens is 205 g/mol. The van der Waals surface area contributed by atoms with Crippen molar-refractivity contribution in [1.29, 1.82) is 0 Å². The van der Waals surface area contributed by atoms with Gasteiger partial charge in [0, 0.05) is 18.4 Å². The molecule has 1 aromatic rings. The Kier molecular flexibility index (Phi) is 2.45. The molecule has 2 rings (SSSR count). The molecule has 0 spiro atoms. The molecule has 1 aliphatic carbocycles. The molecule has 0 aliphatic heterocycles. The summed E-state index contributed by atoms with van der Waals surface area (Å²) in [6.45, 7) is 0.110. The minimum atomic E-state index is -0.478. The summed E-state index contributed by atoms with van der Waals surface area (Å²) in [5.74, 6) is -0.478. The van der Waals surface area contributed by atoms with Gasteiger partial charge in [0.1, 0.15) is 0 Å². The van der Waals surface area contributed by atoms with E-state index in [9.17, 15) is 4.39 Å². The fourth-order valence-electron chi connectivity index (χ4n) is 1.56. The van der Waals surface area contributed by atoms with Crippen molar-refractivity contribution in [2.45, 2.75) is 19.3 Å². The molecule has 0 unspecified atom stereocenters. The molecule has 0 bridgehead atoms. The van der Waals surface area contributed by atoms with Gasteiger partial charge in [-0.25, -0.2) is 4.98 Å². The molecule has 2 nitrogen and oxygen atoms in total. The third-order valence-corrected chi connectivity index (χ3v) is 2.94. The highest BCUT2D eigenvalue weighted by molar-refractivity contribution is 6.30. The van der Waals surface area contributed by atoms with Gasteiger partial charge in [-0.2, -0.15) is 4.39 Å². The number of rotatable bonds is 3. The standard InChI is InChI=1S/C10H11ClFNO/c11-8-3-7(9(12)13-5-8)4-10(6-14)1-2-10/h3,5,14H,1-2,4,6H2. The molecular formula is C10H11ClFNO. The van der Waals surface area contributed by atoms with Crippen LogP contribution in [-0.2, 0) is 6.42 Å². The topological polar surface area (TPSA) is 33.1 Å². The summed E-state index contributed by atoms with van der Waals surface area (Å²) < 4.78 is 13.2. The average molecular weight is 216 g/mol. The molecule has 4 heteroatoms. The third kappa shape index (κ3) is 1.88. The maximum atomic E-state index is 13.2. The lowest BCUT2D eigenvalue weighted by atomic mass is 9.98. The molecule has 1 heterocycles. The number of hydrogen-bond acceptors (Lipinski definition) is 2. The van der Waals surface area contributed by atoms with Crippen LogP contribution in [0.15, 0.2) is 12.3 Å².